The standard InChI is InChI=1S/C19H24Cl2N2O3/c1-2-18(25)22-8-5-13-6-9-23(10-7-13)19(26)4-3-14-11-15(20)16(21)12-17(14)24/h2,11-13,24H,1,3-10H2,(H,22,25). The van der Waals surface area contributed by atoms with Gasteiger partial charge in [-0.15, -0.1) is 0 Å². The lowest BCUT2D eigenvalue weighted by molar-refractivity contribution is -0.132. The highest BCUT2D eigenvalue weighted by molar-refractivity contribution is 6.42. The molecule has 1 aromatic carbocycles. The van der Waals surface area contributed by atoms with Crippen molar-refractivity contribution in [2.24, 2.45) is 5.92 Å². The number of hydrogen-bond acceptors (Lipinski definition) is 3. The number of rotatable bonds is 7. The summed E-state index contributed by atoms with van der Waals surface area (Å²) < 4.78 is 0. The highest BCUT2D eigenvalue weighted by atomic mass is 35.5. The molecule has 0 saturated carbocycles. The average molecular weight is 399 g/mol. The number of aromatic hydroxyl groups is 1. The van der Waals surface area contributed by atoms with Crippen molar-refractivity contribution in [1.29, 1.82) is 0 Å². The van der Waals surface area contributed by atoms with Gasteiger partial charge in [-0.2, -0.15) is 0 Å². The summed E-state index contributed by atoms with van der Waals surface area (Å²) in [7, 11) is 0. The van der Waals surface area contributed by atoms with Gasteiger partial charge in [0.15, 0.2) is 0 Å². The third-order valence-electron chi connectivity index (χ3n) is 4.73. The summed E-state index contributed by atoms with van der Waals surface area (Å²) in [6.07, 6.45) is 4.81. The number of halogens is 2. The fraction of sp³-hybridized carbons (Fsp3) is 0.474. The van der Waals surface area contributed by atoms with E-state index in [4.69, 9.17) is 23.2 Å². The molecule has 0 unspecified atom stereocenters. The lowest BCUT2D eigenvalue weighted by Crippen LogP contribution is -2.39. The smallest absolute Gasteiger partial charge is 0.243 e. The van der Waals surface area contributed by atoms with Crippen LogP contribution in [0.5, 0.6) is 5.75 Å². The lowest BCUT2D eigenvalue weighted by atomic mass is 9.93. The summed E-state index contributed by atoms with van der Waals surface area (Å²) in [4.78, 5) is 25.4. The average Bonchev–Trinajstić information content (AvgIpc) is 2.63. The molecule has 1 saturated heterocycles. The zero-order valence-electron chi connectivity index (χ0n) is 14.6. The lowest BCUT2D eigenvalue weighted by Gasteiger charge is -2.32. The Morgan fingerprint density at radius 1 is 1.27 bits per heavy atom. The fourth-order valence-electron chi connectivity index (χ4n) is 3.12. The Morgan fingerprint density at radius 2 is 1.92 bits per heavy atom. The van der Waals surface area contributed by atoms with E-state index in [1.54, 1.807) is 6.07 Å². The normalized spacial score (nSPS) is 14.9. The van der Waals surface area contributed by atoms with Crippen molar-refractivity contribution in [3.05, 3.63) is 40.4 Å². The molecule has 2 rings (SSSR count). The van der Waals surface area contributed by atoms with E-state index in [9.17, 15) is 14.7 Å². The summed E-state index contributed by atoms with van der Waals surface area (Å²) in [5, 5.41) is 13.4. The first kappa shape index (κ1) is 20.6. The van der Waals surface area contributed by atoms with Gasteiger partial charge in [0.25, 0.3) is 0 Å². The Bertz CT molecular complexity index is 671. The van der Waals surface area contributed by atoms with Crippen molar-refractivity contribution in [2.45, 2.75) is 32.1 Å². The van der Waals surface area contributed by atoms with Gasteiger partial charge in [-0.05, 0) is 49.3 Å². The van der Waals surface area contributed by atoms with Gasteiger partial charge in [0, 0.05) is 32.1 Å². The largest absolute Gasteiger partial charge is 0.508 e. The van der Waals surface area contributed by atoms with Gasteiger partial charge in [-0.1, -0.05) is 29.8 Å². The van der Waals surface area contributed by atoms with Crippen LogP contribution in [0.3, 0.4) is 0 Å². The molecule has 5 nitrogen and oxygen atoms in total. The van der Waals surface area contributed by atoms with Gasteiger partial charge in [0.1, 0.15) is 5.75 Å². The van der Waals surface area contributed by atoms with Crippen LogP contribution in [0.1, 0.15) is 31.2 Å². The number of likely N-dealkylation sites (tertiary alicyclic amines) is 1. The quantitative estimate of drug-likeness (QED) is 0.689. The van der Waals surface area contributed by atoms with Gasteiger partial charge in [-0.3, -0.25) is 9.59 Å². The highest BCUT2D eigenvalue weighted by Crippen LogP contribution is 2.30. The number of hydrogen-bond donors (Lipinski definition) is 2. The summed E-state index contributed by atoms with van der Waals surface area (Å²) in [6.45, 7) is 5.52. The van der Waals surface area contributed by atoms with E-state index in [1.807, 2.05) is 4.90 Å². The number of carbonyl (C=O) groups is 2. The third-order valence-corrected chi connectivity index (χ3v) is 5.46. The molecule has 2 N–H and O–H groups in total. The van der Waals surface area contributed by atoms with Gasteiger partial charge in [-0.25, -0.2) is 0 Å². The van der Waals surface area contributed by atoms with Gasteiger partial charge in [0.2, 0.25) is 11.8 Å². The number of aryl methyl sites for hydroxylation is 1. The van der Waals surface area contributed by atoms with Gasteiger partial charge in [0.05, 0.1) is 10.0 Å². The minimum atomic E-state index is -0.150. The summed E-state index contributed by atoms with van der Waals surface area (Å²) in [5.74, 6) is 0.507. The first-order valence-corrected chi connectivity index (χ1v) is 9.51. The second-order valence-corrected chi connectivity index (χ2v) is 7.32. The Morgan fingerprint density at radius 3 is 2.58 bits per heavy atom. The maximum Gasteiger partial charge on any atom is 0.243 e. The maximum absolute atomic E-state index is 12.4. The number of amides is 2. The van der Waals surface area contributed by atoms with Gasteiger partial charge < -0.3 is 15.3 Å². The van der Waals surface area contributed by atoms with E-state index in [-0.39, 0.29) is 17.6 Å². The van der Waals surface area contributed by atoms with Crippen molar-refractivity contribution >= 4 is 35.0 Å². The van der Waals surface area contributed by atoms with Crippen LogP contribution in [0.4, 0.5) is 0 Å². The predicted octanol–water partition coefficient (Wildman–Crippen LogP) is 3.56. The molecule has 0 aromatic heterocycles. The van der Waals surface area contributed by atoms with Crippen LogP contribution in [0, 0.1) is 5.92 Å². The van der Waals surface area contributed by atoms with Crippen LogP contribution in [-0.2, 0) is 16.0 Å². The SMILES string of the molecule is C=CC(=O)NCCC1CCN(C(=O)CCc2cc(Cl)c(Cl)cc2O)CC1. The summed E-state index contributed by atoms with van der Waals surface area (Å²) in [6, 6.07) is 3.01. The number of nitrogens with zero attached hydrogens (tertiary/aromatic N) is 1. The summed E-state index contributed by atoms with van der Waals surface area (Å²) >= 11 is 11.8. The molecule has 0 radical (unpaired) electrons. The van der Waals surface area contributed by atoms with Crippen molar-refractivity contribution in [2.75, 3.05) is 19.6 Å². The molecule has 1 aliphatic rings. The molecule has 1 heterocycles. The number of phenols is 1. The number of carbonyl (C=O) groups excluding carboxylic acids is 2. The van der Waals surface area contributed by atoms with Crippen LogP contribution in [0.25, 0.3) is 0 Å². The molecule has 0 spiro atoms. The summed E-state index contributed by atoms with van der Waals surface area (Å²) in [5.41, 5.74) is 0.626. The van der Waals surface area contributed by atoms with E-state index in [2.05, 4.69) is 11.9 Å². The highest BCUT2D eigenvalue weighted by Gasteiger charge is 2.22. The first-order valence-electron chi connectivity index (χ1n) is 8.75. The van der Waals surface area contributed by atoms with E-state index in [0.717, 1.165) is 32.4 Å². The molecule has 1 aliphatic heterocycles. The van der Waals surface area contributed by atoms with E-state index in [1.165, 1.54) is 12.1 Å². The second-order valence-electron chi connectivity index (χ2n) is 6.50. The number of piperidine rings is 1. The molecule has 1 aromatic rings. The zero-order chi connectivity index (χ0) is 19.1. The number of phenolic OH excluding ortho intramolecular Hbond substituents is 1. The Kier molecular flexibility index (Phi) is 7.79. The molecule has 0 aliphatic carbocycles. The van der Waals surface area contributed by atoms with Crippen LogP contribution in [0.2, 0.25) is 10.0 Å². The van der Waals surface area contributed by atoms with Gasteiger partial charge >= 0.3 is 0 Å². The topological polar surface area (TPSA) is 69.6 Å². The third kappa shape index (κ3) is 5.92. The fourth-order valence-corrected chi connectivity index (χ4v) is 3.46. The van der Waals surface area contributed by atoms with Crippen LogP contribution >= 0.6 is 23.2 Å². The minimum absolute atomic E-state index is 0.0625. The zero-order valence-corrected chi connectivity index (χ0v) is 16.2. The van der Waals surface area contributed by atoms with E-state index >= 15 is 0 Å². The molecule has 7 heteroatoms. The Balaban J connectivity index is 1.74. The molecule has 142 valence electrons. The predicted molar refractivity (Wildman–Crippen MR) is 104 cm³/mol. The van der Waals surface area contributed by atoms with Crippen molar-refractivity contribution in [1.82, 2.24) is 10.2 Å². The Hall–Kier alpha value is -1.72. The second kappa shape index (κ2) is 9.83. The van der Waals surface area contributed by atoms with E-state index in [0.29, 0.717) is 40.9 Å². The molecule has 1 fully saturated rings. The monoisotopic (exact) mass is 398 g/mol. The minimum Gasteiger partial charge on any atom is -0.508 e. The molecule has 2 amide bonds. The van der Waals surface area contributed by atoms with E-state index < -0.39 is 0 Å². The molecular formula is C19H24Cl2N2O3. The molecular weight excluding hydrogens is 375 g/mol. The van der Waals surface area contributed by atoms with Crippen LogP contribution in [-0.4, -0.2) is 41.5 Å². The Labute approximate surface area is 164 Å². The van der Waals surface area contributed by atoms with Crippen molar-refractivity contribution in [3.8, 4) is 5.75 Å². The van der Waals surface area contributed by atoms with Crippen molar-refractivity contribution in [3.63, 3.8) is 0 Å². The number of nitrogens with one attached hydrogen (secondary N) is 1. The van der Waals surface area contributed by atoms with Crippen LogP contribution in [0.15, 0.2) is 24.8 Å². The molecule has 0 atom stereocenters. The molecule has 0 bridgehead atoms. The number of benzene rings is 1. The maximum atomic E-state index is 12.4. The molecule has 26 heavy (non-hydrogen) atoms. The van der Waals surface area contributed by atoms with Crippen molar-refractivity contribution < 1.29 is 14.7 Å². The first-order chi connectivity index (χ1) is 12.4. The van der Waals surface area contributed by atoms with Crippen LogP contribution < -0.4 is 5.32 Å².